The van der Waals surface area contributed by atoms with Crippen LogP contribution >= 0.6 is 0 Å². The fraction of sp³-hybridized carbons (Fsp3) is 0.545. The van der Waals surface area contributed by atoms with Crippen LogP contribution in [0, 0.1) is 0 Å². The smallest absolute Gasteiger partial charge is 0.338 e. The van der Waals surface area contributed by atoms with Gasteiger partial charge in [0.2, 0.25) is 0 Å². The van der Waals surface area contributed by atoms with E-state index in [-0.39, 0.29) is 6.61 Å². The lowest BCUT2D eigenvalue weighted by molar-refractivity contribution is 0.0497. The predicted octanol–water partition coefficient (Wildman–Crippen LogP) is 5.72. The quantitative estimate of drug-likeness (QED) is 0.256. The van der Waals surface area contributed by atoms with Crippen LogP contribution in [-0.2, 0) is 9.47 Å². The van der Waals surface area contributed by atoms with Gasteiger partial charge in [0.05, 0.1) is 17.7 Å². The molecule has 0 amide bonds. The largest absolute Gasteiger partial charge is 0.462 e. The third kappa shape index (κ3) is 9.40. The Labute approximate surface area is 157 Å². The first-order chi connectivity index (χ1) is 12.5. The molecule has 0 spiro atoms. The summed E-state index contributed by atoms with van der Waals surface area (Å²) in [7, 11) is 0. The summed E-state index contributed by atoms with van der Waals surface area (Å²) >= 11 is 0. The van der Waals surface area contributed by atoms with Gasteiger partial charge >= 0.3 is 11.9 Å². The van der Waals surface area contributed by atoms with Gasteiger partial charge in [0, 0.05) is 0 Å². The molecule has 0 unspecified atom stereocenters. The van der Waals surface area contributed by atoms with Crippen LogP contribution in [0.4, 0.5) is 0 Å². The molecule has 1 rings (SSSR count). The van der Waals surface area contributed by atoms with Gasteiger partial charge in [0.1, 0.15) is 6.61 Å². The molecule has 1 aromatic rings. The van der Waals surface area contributed by atoms with E-state index >= 15 is 0 Å². The van der Waals surface area contributed by atoms with Crippen LogP contribution in [0.3, 0.4) is 0 Å². The van der Waals surface area contributed by atoms with E-state index in [0.717, 1.165) is 18.4 Å². The Balaban J connectivity index is 2.29. The minimum atomic E-state index is -0.467. The lowest BCUT2D eigenvalue weighted by atomic mass is 10.1. The van der Waals surface area contributed by atoms with E-state index in [0.29, 0.717) is 17.7 Å². The van der Waals surface area contributed by atoms with Crippen molar-refractivity contribution < 1.29 is 19.1 Å². The number of hydrogen-bond acceptors (Lipinski definition) is 4. The van der Waals surface area contributed by atoms with Gasteiger partial charge in [-0.1, -0.05) is 64.5 Å². The minimum absolute atomic E-state index is 0.173. The third-order valence-corrected chi connectivity index (χ3v) is 4.01. The van der Waals surface area contributed by atoms with Crippen molar-refractivity contribution in [3.05, 3.63) is 47.5 Å². The molecule has 0 fully saturated rings. The van der Waals surface area contributed by atoms with Crippen LogP contribution in [-0.4, -0.2) is 25.2 Å². The van der Waals surface area contributed by atoms with Crippen LogP contribution in [0.25, 0.3) is 0 Å². The molecule has 0 aliphatic carbocycles. The van der Waals surface area contributed by atoms with Crippen molar-refractivity contribution in [2.75, 3.05) is 13.2 Å². The Bertz CT molecular complexity index is 577. The van der Waals surface area contributed by atoms with E-state index in [4.69, 9.17) is 9.47 Å². The second-order valence-corrected chi connectivity index (χ2v) is 6.72. The molecule has 144 valence electrons. The highest BCUT2D eigenvalue weighted by Gasteiger charge is 2.12. The number of rotatable bonds is 13. The Hall–Kier alpha value is -2.10. The summed E-state index contributed by atoms with van der Waals surface area (Å²) in [6.45, 7) is 8.28. The van der Waals surface area contributed by atoms with Gasteiger partial charge in [-0.25, -0.2) is 9.59 Å². The molecule has 0 saturated heterocycles. The van der Waals surface area contributed by atoms with Crippen LogP contribution in [0.1, 0.15) is 85.9 Å². The Kier molecular flexibility index (Phi) is 11.1. The first kappa shape index (κ1) is 21.9. The summed E-state index contributed by atoms with van der Waals surface area (Å²) in [4.78, 5) is 24.0. The summed E-state index contributed by atoms with van der Waals surface area (Å²) in [6.07, 6.45) is 9.58. The van der Waals surface area contributed by atoms with E-state index in [1.54, 1.807) is 25.1 Å². The van der Waals surface area contributed by atoms with Crippen molar-refractivity contribution in [1.82, 2.24) is 0 Å². The number of carbonyl (C=O) groups excluding carboxylic acids is 2. The summed E-state index contributed by atoms with van der Waals surface area (Å²) in [5.74, 6) is -0.867. The average molecular weight is 360 g/mol. The number of benzene rings is 1. The molecule has 0 aliphatic heterocycles. The zero-order chi connectivity index (χ0) is 19.2. The molecule has 4 heteroatoms. The van der Waals surface area contributed by atoms with E-state index in [2.05, 4.69) is 13.5 Å². The summed E-state index contributed by atoms with van der Waals surface area (Å²) in [5, 5.41) is 0. The standard InChI is InChI=1S/C22H32O4/c1-4-5-6-7-8-9-10-11-15-25-21(23)19-13-12-14-20(16-19)22(24)26-17-18(2)3/h12-14,16H,2,4-11,15,17H2,1,3H3. The van der Waals surface area contributed by atoms with E-state index in [9.17, 15) is 9.59 Å². The molecule has 0 radical (unpaired) electrons. The Morgan fingerprint density at radius 1 is 0.885 bits per heavy atom. The molecule has 4 nitrogen and oxygen atoms in total. The van der Waals surface area contributed by atoms with Crippen molar-refractivity contribution in [2.45, 2.75) is 65.2 Å². The first-order valence-electron chi connectivity index (χ1n) is 9.63. The Morgan fingerprint density at radius 3 is 2.00 bits per heavy atom. The molecule has 26 heavy (non-hydrogen) atoms. The zero-order valence-electron chi connectivity index (χ0n) is 16.2. The summed E-state index contributed by atoms with van der Waals surface area (Å²) in [5.41, 5.74) is 1.47. The van der Waals surface area contributed by atoms with E-state index < -0.39 is 11.9 Å². The van der Waals surface area contributed by atoms with Crippen molar-refractivity contribution >= 4 is 11.9 Å². The lowest BCUT2D eigenvalue weighted by Gasteiger charge is -2.07. The topological polar surface area (TPSA) is 52.6 Å². The van der Waals surface area contributed by atoms with Crippen LogP contribution in [0.15, 0.2) is 36.4 Å². The molecule has 0 N–H and O–H groups in total. The molecular weight excluding hydrogens is 328 g/mol. The number of carbonyl (C=O) groups is 2. The van der Waals surface area contributed by atoms with Crippen molar-refractivity contribution in [2.24, 2.45) is 0 Å². The summed E-state index contributed by atoms with van der Waals surface area (Å²) in [6, 6.07) is 6.43. The van der Waals surface area contributed by atoms with Gasteiger partial charge in [-0.3, -0.25) is 0 Å². The number of unbranched alkanes of at least 4 members (excludes halogenated alkanes) is 7. The van der Waals surface area contributed by atoms with E-state index in [1.165, 1.54) is 44.6 Å². The highest BCUT2D eigenvalue weighted by atomic mass is 16.5. The van der Waals surface area contributed by atoms with Gasteiger partial charge in [0.25, 0.3) is 0 Å². The molecular formula is C22H32O4. The second-order valence-electron chi connectivity index (χ2n) is 6.72. The average Bonchev–Trinajstić information content (AvgIpc) is 2.64. The predicted molar refractivity (Wildman–Crippen MR) is 104 cm³/mol. The van der Waals surface area contributed by atoms with Crippen molar-refractivity contribution in [3.8, 4) is 0 Å². The molecule has 0 heterocycles. The van der Waals surface area contributed by atoms with Crippen LogP contribution in [0.2, 0.25) is 0 Å². The Morgan fingerprint density at radius 2 is 1.42 bits per heavy atom. The molecule has 0 atom stereocenters. The maximum atomic E-state index is 12.1. The molecule has 1 aromatic carbocycles. The SMILES string of the molecule is C=C(C)COC(=O)c1cccc(C(=O)OCCCCCCCCCC)c1. The summed E-state index contributed by atoms with van der Waals surface area (Å²) < 4.78 is 10.4. The molecule has 0 aliphatic rings. The zero-order valence-corrected chi connectivity index (χ0v) is 16.2. The van der Waals surface area contributed by atoms with Crippen molar-refractivity contribution in [3.63, 3.8) is 0 Å². The number of esters is 2. The van der Waals surface area contributed by atoms with Gasteiger partial charge in [0.15, 0.2) is 0 Å². The van der Waals surface area contributed by atoms with Gasteiger partial charge < -0.3 is 9.47 Å². The second kappa shape index (κ2) is 13.2. The molecule has 0 saturated carbocycles. The monoisotopic (exact) mass is 360 g/mol. The van der Waals surface area contributed by atoms with Gasteiger partial charge in [-0.15, -0.1) is 0 Å². The fourth-order valence-corrected chi connectivity index (χ4v) is 2.53. The fourth-order valence-electron chi connectivity index (χ4n) is 2.53. The third-order valence-electron chi connectivity index (χ3n) is 4.01. The van der Waals surface area contributed by atoms with Gasteiger partial charge in [-0.2, -0.15) is 0 Å². The maximum Gasteiger partial charge on any atom is 0.338 e. The van der Waals surface area contributed by atoms with Crippen LogP contribution < -0.4 is 0 Å². The maximum absolute atomic E-state index is 12.1. The van der Waals surface area contributed by atoms with E-state index in [1.807, 2.05) is 0 Å². The molecule has 0 aromatic heterocycles. The lowest BCUT2D eigenvalue weighted by Crippen LogP contribution is -2.10. The number of hydrogen-bond donors (Lipinski definition) is 0. The molecule has 0 bridgehead atoms. The van der Waals surface area contributed by atoms with Crippen LogP contribution in [0.5, 0.6) is 0 Å². The normalized spacial score (nSPS) is 10.4. The highest BCUT2D eigenvalue weighted by Crippen LogP contribution is 2.11. The highest BCUT2D eigenvalue weighted by molar-refractivity contribution is 5.95. The minimum Gasteiger partial charge on any atom is -0.462 e. The number of ether oxygens (including phenoxy) is 2. The van der Waals surface area contributed by atoms with Crippen molar-refractivity contribution in [1.29, 1.82) is 0 Å². The first-order valence-corrected chi connectivity index (χ1v) is 9.63. The van der Waals surface area contributed by atoms with Gasteiger partial charge in [-0.05, 0) is 37.1 Å².